The van der Waals surface area contributed by atoms with Crippen molar-refractivity contribution in [3.8, 4) is 0 Å². The third-order valence-corrected chi connectivity index (χ3v) is 3.61. The van der Waals surface area contributed by atoms with Gasteiger partial charge in [-0.05, 0) is 18.8 Å². The van der Waals surface area contributed by atoms with Gasteiger partial charge in [0.1, 0.15) is 12.1 Å². The minimum atomic E-state index is -0.821. The second-order valence-electron chi connectivity index (χ2n) is 6.10. The van der Waals surface area contributed by atoms with Gasteiger partial charge in [0.25, 0.3) is 5.91 Å². The van der Waals surface area contributed by atoms with E-state index in [4.69, 9.17) is 0 Å². The van der Waals surface area contributed by atoms with Crippen molar-refractivity contribution in [2.75, 3.05) is 13.1 Å². The van der Waals surface area contributed by atoms with Gasteiger partial charge in [-0.1, -0.05) is 40.5 Å². The van der Waals surface area contributed by atoms with E-state index in [1.807, 2.05) is 27.7 Å². The van der Waals surface area contributed by atoms with Crippen LogP contribution >= 0.6 is 0 Å². The maximum atomic E-state index is 12.6. The summed E-state index contributed by atoms with van der Waals surface area (Å²) in [6, 6.07) is -0.457. The standard InChI is InChI=1S/C15H27N3O3/c1-5-7-15(8-6-2)13(20)18(14(21)17-15)10-12(19)16-9-11(3)4/h11H,5-10H2,1-4H3,(H,16,19)(H,17,21). The first-order valence-electron chi connectivity index (χ1n) is 7.77. The fourth-order valence-corrected chi connectivity index (χ4v) is 2.65. The number of urea groups is 1. The van der Waals surface area contributed by atoms with Crippen LogP contribution < -0.4 is 10.6 Å². The first-order chi connectivity index (χ1) is 9.86. The van der Waals surface area contributed by atoms with Gasteiger partial charge in [-0.2, -0.15) is 0 Å². The molecule has 4 amide bonds. The Balaban J connectivity index is 2.73. The molecular weight excluding hydrogens is 270 g/mol. The Morgan fingerprint density at radius 2 is 1.81 bits per heavy atom. The molecule has 1 aliphatic heterocycles. The fourth-order valence-electron chi connectivity index (χ4n) is 2.65. The van der Waals surface area contributed by atoms with Gasteiger partial charge in [0.15, 0.2) is 0 Å². The van der Waals surface area contributed by atoms with Gasteiger partial charge in [0.05, 0.1) is 0 Å². The van der Waals surface area contributed by atoms with Crippen molar-refractivity contribution < 1.29 is 14.4 Å². The van der Waals surface area contributed by atoms with Crippen molar-refractivity contribution in [1.82, 2.24) is 15.5 Å². The summed E-state index contributed by atoms with van der Waals surface area (Å²) >= 11 is 0. The van der Waals surface area contributed by atoms with Gasteiger partial charge < -0.3 is 10.6 Å². The number of nitrogens with zero attached hydrogens (tertiary/aromatic N) is 1. The number of carbonyl (C=O) groups is 3. The van der Waals surface area contributed by atoms with Gasteiger partial charge in [0.2, 0.25) is 5.91 Å². The van der Waals surface area contributed by atoms with Crippen LogP contribution in [-0.4, -0.2) is 41.4 Å². The molecule has 1 aliphatic rings. The molecule has 0 bridgehead atoms. The lowest BCUT2D eigenvalue weighted by atomic mass is 9.88. The van der Waals surface area contributed by atoms with Gasteiger partial charge >= 0.3 is 6.03 Å². The molecule has 0 atom stereocenters. The smallest absolute Gasteiger partial charge is 0.325 e. The molecule has 0 spiro atoms. The second kappa shape index (κ2) is 7.43. The number of carbonyl (C=O) groups excluding carboxylic acids is 3. The highest BCUT2D eigenvalue weighted by atomic mass is 16.2. The van der Waals surface area contributed by atoms with Crippen molar-refractivity contribution >= 4 is 17.8 Å². The molecular formula is C15H27N3O3. The van der Waals surface area contributed by atoms with E-state index in [9.17, 15) is 14.4 Å². The molecule has 0 unspecified atom stereocenters. The molecule has 0 aromatic rings. The zero-order valence-electron chi connectivity index (χ0n) is 13.5. The summed E-state index contributed by atoms with van der Waals surface area (Å²) in [4.78, 5) is 37.5. The van der Waals surface area contributed by atoms with Crippen molar-refractivity contribution in [2.24, 2.45) is 5.92 Å². The van der Waals surface area contributed by atoms with Crippen LogP contribution in [0.4, 0.5) is 4.79 Å². The van der Waals surface area contributed by atoms with E-state index >= 15 is 0 Å². The lowest BCUT2D eigenvalue weighted by Crippen LogP contribution is -2.47. The Kier molecular flexibility index (Phi) is 6.18. The monoisotopic (exact) mass is 297 g/mol. The summed E-state index contributed by atoms with van der Waals surface area (Å²) in [5.41, 5.74) is -0.821. The molecule has 1 fully saturated rings. The van der Waals surface area contributed by atoms with Crippen LogP contribution in [0, 0.1) is 5.92 Å². The molecule has 1 heterocycles. The van der Waals surface area contributed by atoms with E-state index in [0.29, 0.717) is 25.3 Å². The maximum Gasteiger partial charge on any atom is 0.325 e. The predicted octanol–water partition coefficient (Wildman–Crippen LogP) is 1.65. The van der Waals surface area contributed by atoms with Crippen LogP contribution in [0.5, 0.6) is 0 Å². The van der Waals surface area contributed by atoms with E-state index in [1.165, 1.54) is 0 Å². The molecule has 21 heavy (non-hydrogen) atoms. The fraction of sp³-hybridized carbons (Fsp3) is 0.800. The minimum absolute atomic E-state index is 0.202. The van der Waals surface area contributed by atoms with Crippen molar-refractivity contribution in [2.45, 2.75) is 58.9 Å². The van der Waals surface area contributed by atoms with E-state index in [1.54, 1.807) is 0 Å². The van der Waals surface area contributed by atoms with E-state index < -0.39 is 11.6 Å². The third kappa shape index (κ3) is 4.19. The largest absolute Gasteiger partial charge is 0.354 e. The van der Waals surface area contributed by atoms with Crippen molar-refractivity contribution in [3.05, 3.63) is 0 Å². The number of hydrogen-bond donors (Lipinski definition) is 2. The predicted molar refractivity (Wildman–Crippen MR) is 80.6 cm³/mol. The molecule has 6 heteroatoms. The Labute approximate surface area is 126 Å². The molecule has 0 saturated carbocycles. The Bertz CT molecular complexity index is 401. The summed E-state index contributed by atoms with van der Waals surface area (Å²) in [5.74, 6) is -0.233. The quantitative estimate of drug-likeness (QED) is 0.669. The van der Waals surface area contributed by atoms with Crippen LogP contribution in [-0.2, 0) is 9.59 Å². The Morgan fingerprint density at radius 3 is 2.29 bits per heavy atom. The molecule has 2 N–H and O–H groups in total. The third-order valence-electron chi connectivity index (χ3n) is 3.61. The number of rotatable bonds is 8. The van der Waals surface area contributed by atoms with Crippen LogP contribution in [0.15, 0.2) is 0 Å². The zero-order valence-corrected chi connectivity index (χ0v) is 13.5. The molecule has 0 radical (unpaired) electrons. The SMILES string of the molecule is CCCC1(CCC)NC(=O)N(CC(=O)NCC(C)C)C1=O. The van der Waals surface area contributed by atoms with Gasteiger partial charge in [-0.25, -0.2) is 4.79 Å². The number of hydrogen-bond acceptors (Lipinski definition) is 3. The normalized spacial score (nSPS) is 17.3. The average Bonchev–Trinajstić information content (AvgIpc) is 2.62. The molecule has 1 rings (SSSR count). The average molecular weight is 297 g/mol. The molecule has 120 valence electrons. The maximum absolute atomic E-state index is 12.6. The van der Waals surface area contributed by atoms with Gasteiger partial charge in [-0.15, -0.1) is 0 Å². The highest BCUT2D eigenvalue weighted by Gasteiger charge is 2.50. The van der Waals surface area contributed by atoms with E-state index in [0.717, 1.165) is 17.7 Å². The second-order valence-corrected chi connectivity index (χ2v) is 6.10. The topological polar surface area (TPSA) is 78.5 Å². The van der Waals surface area contributed by atoms with Crippen LogP contribution in [0.25, 0.3) is 0 Å². The summed E-state index contributed by atoms with van der Waals surface area (Å²) in [6.45, 7) is 8.27. The number of imide groups is 1. The van der Waals surface area contributed by atoms with Gasteiger partial charge in [-0.3, -0.25) is 14.5 Å². The van der Waals surface area contributed by atoms with Crippen molar-refractivity contribution in [3.63, 3.8) is 0 Å². The molecule has 0 aromatic carbocycles. The lowest BCUT2D eigenvalue weighted by Gasteiger charge is -2.25. The Hall–Kier alpha value is -1.59. The lowest BCUT2D eigenvalue weighted by molar-refractivity contribution is -0.135. The summed E-state index contributed by atoms with van der Waals surface area (Å²) < 4.78 is 0. The number of nitrogens with one attached hydrogen (secondary N) is 2. The highest BCUT2D eigenvalue weighted by molar-refractivity contribution is 6.09. The van der Waals surface area contributed by atoms with E-state index in [-0.39, 0.29) is 18.4 Å². The van der Waals surface area contributed by atoms with Crippen molar-refractivity contribution in [1.29, 1.82) is 0 Å². The zero-order chi connectivity index (χ0) is 16.0. The molecule has 0 aliphatic carbocycles. The summed E-state index contributed by atoms with van der Waals surface area (Å²) in [5, 5.41) is 5.53. The molecule has 0 aromatic heterocycles. The minimum Gasteiger partial charge on any atom is -0.354 e. The van der Waals surface area contributed by atoms with Crippen LogP contribution in [0.1, 0.15) is 53.4 Å². The van der Waals surface area contributed by atoms with Crippen LogP contribution in [0.3, 0.4) is 0 Å². The highest BCUT2D eigenvalue weighted by Crippen LogP contribution is 2.27. The van der Waals surface area contributed by atoms with Crippen LogP contribution in [0.2, 0.25) is 0 Å². The Morgan fingerprint density at radius 1 is 1.24 bits per heavy atom. The first-order valence-corrected chi connectivity index (χ1v) is 7.77. The van der Waals surface area contributed by atoms with E-state index in [2.05, 4.69) is 10.6 Å². The summed E-state index contributed by atoms with van der Waals surface area (Å²) in [7, 11) is 0. The first kappa shape index (κ1) is 17.5. The van der Waals surface area contributed by atoms with Gasteiger partial charge in [0, 0.05) is 6.54 Å². The number of amides is 4. The molecule has 6 nitrogen and oxygen atoms in total. The summed E-state index contributed by atoms with van der Waals surface area (Å²) in [6.07, 6.45) is 2.82. The molecule has 1 saturated heterocycles.